The average Bonchev–Trinajstić information content (AvgIpc) is 2.54. The minimum Gasteiger partial charge on any atom is -0.489 e. The largest absolute Gasteiger partial charge is 0.489 e. The number of alkyl halides is 1. The van der Waals surface area contributed by atoms with E-state index in [1.54, 1.807) is 0 Å². The Morgan fingerprint density at radius 1 is 1.38 bits per heavy atom. The third-order valence-corrected chi connectivity index (χ3v) is 4.24. The Labute approximate surface area is 143 Å². The van der Waals surface area contributed by atoms with E-state index in [4.69, 9.17) is 21.1 Å². The summed E-state index contributed by atoms with van der Waals surface area (Å²) < 4.78 is 45.9. The molecule has 10 heteroatoms. The lowest BCUT2D eigenvalue weighted by Crippen LogP contribution is -2.06. The van der Waals surface area contributed by atoms with Gasteiger partial charge >= 0.3 is 0 Å². The zero-order valence-electron chi connectivity index (χ0n) is 12.9. The zero-order chi connectivity index (χ0) is 17.7. The number of anilines is 2. The molecule has 0 saturated heterocycles. The highest BCUT2D eigenvalue weighted by atomic mass is 35.5. The second kappa shape index (κ2) is 7.63. The zero-order valence-corrected chi connectivity index (χ0v) is 14.5. The molecule has 0 aliphatic carbocycles. The Bertz CT molecular complexity index is 833. The Morgan fingerprint density at radius 2 is 2.12 bits per heavy atom. The van der Waals surface area contributed by atoms with Gasteiger partial charge in [-0.25, -0.2) is 17.8 Å². The van der Waals surface area contributed by atoms with E-state index in [9.17, 15) is 12.8 Å². The van der Waals surface area contributed by atoms with E-state index in [1.807, 2.05) is 0 Å². The fraction of sp³-hybridized carbons (Fsp3) is 0.286. The van der Waals surface area contributed by atoms with Crippen LogP contribution in [0.3, 0.4) is 0 Å². The van der Waals surface area contributed by atoms with Gasteiger partial charge in [0, 0.05) is 12.3 Å². The molecule has 0 aliphatic rings. The molecule has 1 heterocycles. The lowest BCUT2D eigenvalue weighted by molar-refractivity contribution is 0.274. The number of sulfone groups is 1. The van der Waals surface area contributed by atoms with Crippen molar-refractivity contribution >= 4 is 33.1 Å². The quantitative estimate of drug-likeness (QED) is 0.795. The molecule has 0 bridgehead atoms. The highest BCUT2D eigenvalue weighted by Crippen LogP contribution is 2.31. The van der Waals surface area contributed by atoms with Crippen molar-refractivity contribution in [3.63, 3.8) is 0 Å². The molecule has 0 atom stereocenters. The van der Waals surface area contributed by atoms with E-state index in [0.717, 1.165) is 6.26 Å². The summed E-state index contributed by atoms with van der Waals surface area (Å²) in [5, 5.41) is 3.10. The van der Waals surface area contributed by atoms with E-state index in [2.05, 4.69) is 15.3 Å². The molecule has 1 aromatic carbocycles. The van der Waals surface area contributed by atoms with E-state index < -0.39 is 16.5 Å². The molecule has 0 unspecified atom stereocenters. The maximum Gasteiger partial charge on any atom is 0.237 e. The monoisotopic (exact) mass is 375 g/mol. The van der Waals surface area contributed by atoms with Crippen molar-refractivity contribution < 1.29 is 22.3 Å². The Balaban J connectivity index is 2.38. The number of ether oxygens (including phenoxy) is 2. The third kappa shape index (κ3) is 4.45. The van der Waals surface area contributed by atoms with Crippen LogP contribution in [0.25, 0.3) is 0 Å². The number of halogens is 2. The normalized spacial score (nSPS) is 11.2. The highest BCUT2D eigenvalue weighted by Gasteiger charge is 2.14. The number of hydrogen-bond acceptors (Lipinski definition) is 7. The lowest BCUT2D eigenvalue weighted by Gasteiger charge is -2.13. The van der Waals surface area contributed by atoms with Gasteiger partial charge in [-0.1, -0.05) is 11.6 Å². The maximum absolute atomic E-state index is 12.4. The van der Waals surface area contributed by atoms with Crippen LogP contribution >= 0.6 is 11.6 Å². The number of methoxy groups -OCH3 is 1. The van der Waals surface area contributed by atoms with Crippen LogP contribution in [0.2, 0.25) is 5.02 Å². The van der Waals surface area contributed by atoms with E-state index >= 15 is 0 Å². The number of nitrogens with zero attached hydrogens (tertiary/aromatic N) is 2. The number of hydrogen-bond donors (Lipinski definition) is 1. The molecular formula is C14H15ClFN3O4S. The first-order valence-electron chi connectivity index (χ1n) is 6.71. The van der Waals surface area contributed by atoms with Crippen molar-refractivity contribution in [1.82, 2.24) is 9.97 Å². The first-order valence-corrected chi connectivity index (χ1v) is 8.98. The van der Waals surface area contributed by atoms with Crippen molar-refractivity contribution in [2.24, 2.45) is 0 Å². The van der Waals surface area contributed by atoms with E-state index in [1.165, 1.54) is 31.5 Å². The maximum atomic E-state index is 12.4. The standard InChI is InChI=1S/C14H15ClFN3O4S/c1-22-13-10(15)8-17-14(19-13)18-11-4-3-9(24(2,20)21)7-12(11)23-6-5-16/h3-4,7-8H,5-6H2,1-2H3,(H,17,18,19). The van der Waals surface area contributed by atoms with Gasteiger partial charge in [-0.2, -0.15) is 4.98 Å². The molecule has 0 amide bonds. The first kappa shape index (κ1) is 18.2. The molecular weight excluding hydrogens is 361 g/mol. The molecule has 2 aromatic rings. The Kier molecular flexibility index (Phi) is 5.79. The van der Waals surface area contributed by atoms with Crippen LogP contribution in [0, 0.1) is 0 Å². The summed E-state index contributed by atoms with van der Waals surface area (Å²) in [5.41, 5.74) is 0.375. The number of nitrogens with one attached hydrogen (secondary N) is 1. The summed E-state index contributed by atoms with van der Waals surface area (Å²) in [7, 11) is -2.02. The van der Waals surface area contributed by atoms with Gasteiger partial charge in [0.15, 0.2) is 9.84 Å². The average molecular weight is 376 g/mol. The Hall–Kier alpha value is -2.13. The molecule has 0 fully saturated rings. The topological polar surface area (TPSA) is 90.4 Å². The minimum absolute atomic E-state index is 0.0523. The van der Waals surface area contributed by atoms with Crippen molar-refractivity contribution in [1.29, 1.82) is 0 Å². The van der Waals surface area contributed by atoms with Gasteiger partial charge in [0.2, 0.25) is 11.8 Å². The summed E-state index contributed by atoms with van der Waals surface area (Å²) in [4.78, 5) is 8.10. The predicted octanol–water partition coefficient (Wildman–Crippen LogP) is 2.63. The molecule has 0 saturated carbocycles. The third-order valence-electron chi connectivity index (χ3n) is 2.87. The lowest BCUT2D eigenvalue weighted by atomic mass is 10.3. The molecule has 24 heavy (non-hydrogen) atoms. The smallest absolute Gasteiger partial charge is 0.237 e. The first-order chi connectivity index (χ1) is 11.3. The number of rotatable bonds is 7. The van der Waals surface area contributed by atoms with Crippen LogP contribution in [-0.2, 0) is 9.84 Å². The van der Waals surface area contributed by atoms with Gasteiger partial charge < -0.3 is 14.8 Å². The van der Waals surface area contributed by atoms with Crippen molar-refractivity contribution in [3.8, 4) is 11.6 Å². The minimum atomic E-state index is -3.43. The highest BCUT2D eigenvalue weighted by molar-refractivity contribution is 7.90. The predicted molar refractivity (Wildman–Crippen MR) is 87.9 cm³/mol. The second-order valence-electron chi connectivity index (χ2n) is 4.64. The fourth-order valence-corrected chi connectivity index (χ4v) is 2.58. The summed E-state index contributed by atoms with van der Waals surface area (Å²) in [5.74, 6) is 0.495. The molecule has 2 rings (SSSR count). The Morgan fingerprint density at radius 3 is 2.75 bits per heavy atom. The number of benzene rings is 1. The van der Waals surface area contributed by atoms with E-state index in [0.29, 0.717) is 5.69 Å². The molecule has 0 spiro atoms. The number of aromatic nitrogens is 2. The van der Waals surface area contributed by atoms with Crippen LogP contribution < -0.4 is 14.8 Å². The van der Waals surface area contributed by atoms with Gasteiger partial charge in [-0.05, 0) is 12.1 Å². The van der Waals surface area contributed by atoms with Gasteiger partial charge in [0.05, 0.1) is 23.9 Å². The van der Waals surface area contributed by atoms with Crippen LogP contribution in [-0.4, -0.2) is 45.0 Å². The van der Waals surface area contributed by atoms with Crippen molar-refractivity contribution in [2.75, 3.05) is 32.0 Å². The summed E-state index contributed by atoms with van der Waals surface area (Å²) >= 11 is 5.86. The summed E-state index contributed by atoms with van der Waals surface area (Å²) in [6, 6.07) is 4.18. The van der Waals surface area contributed by atoms with Gasteiger partial charge in [-0.15, -0.1) is 0 Å². The van der Waals surface area contributed by atoms with Crippen LogP contribution in [0.1, 0.15) is 0 Å². The second-order valence-corrected chi connectivity index (χ2v) is 7.07. The van der Waals surface area contributed by atoms with Gasteiger partial charge in [0.25, 0.3) is 0 Å². The molecule has 0 aliphatic heterocycles. The molecule has 7 nitrogen and oxygen atoms in total. The van der Waals surface area contributed by atoms with Crippen molar-refractivity contribution in [2.45, 2.75) is 4.90 Å². The van der Waals surface area contributed by atoms with Crippen molar-refractivity contribution in [3.05, 3.63) is 29.4 Å². The fourth-order valence-electron chi connectivity index (χ4n) is 1.78. The molecule has 0 radical (unpaired) electrons. The molecule has 1 N–H and O–H groups in total. The van der Waals surface area contributed by atoms with Crippen LogP contribution in [0.15, 0.2) is 29.3 Å². The molecule has 1 aromatic heterocycles. The van der Waals surface area contributed by atoms with Crippen LogP contribution in [0.4, 0.5) is 16.0 Å². The summed E-state index contributed by atoms with van der Waals surface area (Å²) in [6.45, 7) is -0.930. The van der Waals surface area contributed by atoms with E-state index in [-0.39, 0.29) is 34.1 Å². The van der Waals surface area contributed by atoms with Gasteiger partial charge in [-0.3, -0.25) is 0 Å². The summed E-state index contributed by atoms with van der Waals surface area (Å²) in [6.07, 6.45) is 2.42. The van der Waals surface area contributed by atoms with Gasteiger partial charge in [0.1, 0.15) is 24.1 Å². The van der Waals surface area contributed by atoms with Crippen LogP contribution in [0.5, 0.6) is 11.6 Å². The molecule has 130 valence electrons. The SMILES string of the molecule is COc1nc(Nc2ccc(S(C)(=O)=O)cc2OCCF)ncc1Cl.